The Morgan fingerprint density at radius 2 is 2.00 bits per heavy atom. The van der Waals surface area contributed by atoms with E-state index in [1.807, 2.05) is 54.3 Å². The average molecular weight is 436 g/mol. The first-order valence-electron chi connectivity index (χ1n) is 11.1. The van der Waals surface area contributed by atoms with Crippen LogP contribution in [0.3, 0.4) is 0 Å². The van der Waals surface area contributed by atoms with Gasteiger partial charge in [0.05, 0.1) is 10.9 Å². The highest BCUT2D eigenvalue weighted by Gasteiger charge is 2.29. The van der Waals surface area contributed by atoms with E-state index < -0.39 is 0 Å². The van der Waals surface area contributed by atoms with Crippen molar-refractivity contribution in [1.29, 1.82) is 0 Å². The van der Waals surface area contributed by atoms with Gasteiger partial charge in [-0.05, 0) is 55.9 Å². The fraction of sp³-hybridized carbons (Fsp3) is 0.400. The van der Waals surface area contributed by atoms with Crippen LogP contribution < -0.4 is 5.32 Å². The molecule has 2 heterocycles. The van der Waals surface area contributed by atoms with E-state index in [0.29, 0.717) is 19.6 Å². The molecule has 0 bridgehead atoms. The number of piperidine rings is 1. The maximum atomic E-state index is 13.2. The molecule has 1 aliphatic rings. The number of rotatable bonds is 7. The molecule has 1 fully saturated rings. The largest absolute Gasteiger partial charge is 0.356 e. The van der Waals surface area contributed by atoms with Gasteiger partial charge in [0.2, 0.25) is 5.91 Å². The van der Waals surface area contributed by atoms with Gasteiger partial charge in [0.25, 0.3) is 5.91 Å². The first kappa shape index (κ1) is 21.5. The second-order valence-electron chi connectivity index (χ2n) is 8.25. The summed E-state index contributed by atoms with van der Waals surface area (Å²) >= 11 is 1.70. The molecule has 31 heavy (non-hydrogen) atoms. The van der Waals surface area contributed by atoms with Crippen molar-refractivity contribution in [2.75, 3.05) is 19.6 Å². The molecule has 0 saturated carbocycles. The van der Waals surface area contributed by atoms with Crippen LogP contribution in [0, 0.1) is 12.8 Å². The smallest absolute Gasteiger partial charge is 0.254 e. The summed E-state index contributed by atoms with van der Waals surface area (Å²) in [5.41, 5.74) is 1.80. The molecule has 0 radical (unpaired) electrons. The van der Waals surface area contributed by atoms with Crippen LogP contribution in [-0.2, 0) is 11.2 Å². The topological polar surface area (TPSA) is 62.3 Å². The molecule has 1 saturated heterocycles. The van der Waals surface area contributed by atoms with E-state index in [0.717, 1.165) is 54.1 Å². The van der Waals surface area contributed by atoms with Crippen molar-refractivity contribution in [3.63, 3.8) is 0 Å². The monoisotopic (exact) mass is 435 g/mol. The zero-order chi connectivity index (χ0) is 21.6. The van der Waals surface area contributed by atoms with E-state index in [-0.39, 0.29) is 17.7 Å². The summed E-state index contributed by atoms with van der Waals surface area (Å²) in [6, 6.07) is 13.8. The van der Waals surface area contributed by atoms with E-state index >= 15 is 0 Å². The third-order valence-corrected chi connectivity index (χ3v) is 6.91. The minimum absolute atomic E-state index is 0.0213. The van der Waals surface area contributed by atoms with Crippen LogP contribution in [0.2, 0.25) is 0 Å². The quantitative estimate of drug-likeness (QED) is 0.552. The van der Waals surface area contributed by atoms with Gasteiger partial charge in [0, 0.05) is 36.3 Å². The molecule has 1 atom stereocenters. The predicted octanol–water partition coefficient (Wildman–Crippen LogP) is 4.60. The highest BCUT2D eigenvalue weighted by atomic mass is 32.1. The van der Waals surface area contributed by atoms with Crippen LogP contribution >= 0.6 is 11.3 Å². The van der Waals surface area contributed by atoms with E-state index in [1.165, 1.54) is 5.01 Å². The van der Waals surface area contributed by atoms with E-state index in [4.69, 9.17) is 0 Å². The highest BCUT2D eigenvalue weighted by molar-refractivity contribution is 7.09. The second kappa shape index (κ2) is 10.1. The number of carbonyl (C=O) groups is 2. The fourth-order valence-electron chi connectivity index (χ4n) is 4.23. The number of thiazole rings is 1. The molecule has 1 N–H and O–H groups in total. The Morgan fingerprint density at radius 3 is 2.84 bits per heavy atom. The summed E-state index contributed by atoms with van der Waals surface area (Å²) in [5, 5.41) is 8.35. The third kappa shape index (κ3) is 5.31. The van der Waals surface area contributed by atoms with Crippen LogP contribution in [-0.4, -0.2) is 41.3 Å². The summed E-state index contributed by atoms with van der Waals surface area (Å²) in [4.78, 5) is 32.2. The molecular weight excluding hydrogens is 406 g/mol. The molecule has 1 unspecified atom stereocenters. The Kier molecular flexibility index (Phi) is 6.97. The molecule has 0 aliphatic carbocycles. The molecular formula is C25H29N3O2S. The summed E-state index contributed by atoms with van der Waals surface area (Å²) in [6.07, 6.45) is 4.62. The number of nitrogens with zero attached hydrogens (tertiary/aromatic N) is 2. The Hall–Kier alpha value is -2.73. The Morgan fingerprint density at radius 1 is 1.16 bits per heavy atom. The van der Waals surface area contributed by atoms with Crippen molar-refractivity contribution in [1.82, 2.24) is 15.2 Å². The van der Waals surface area contributed by atoms with Crippen LogP contribution in [0.25, 0.3) is 10.8 Å². The first-order valence-corrected chi connectivity index (χ1v) is 12.0. The minimum atomic E-state index is -0.130. The Balaban J connectivity index is 1.28. The number of aryl methyl sites for hydroxylation is 2. The molecule has 4 rings (SSSR count). The number of hydrogen-bond donors (Lipinski definition) is 1. The number of nitrogens with one attached hydrogen (secondary N) is 1. The maximum Gasteiger partial charge on any atom is 0.254 e. The maximum absolute atomic E-state index is 13.2. The summed E-state index contributed by atoms with van der Waals surface area (Å²) in [7, 11) is 0. The molecule has 0 spiro atoms. The Bertz CT molecular complexity index is 1060. The second-order valence-corrected chi connectivity index (χ2v) is 9.19. The van der Waals surface area contributed by atoms with Crippen molar-refractivity contribution in [3.05, 3.63) is 64.1 Å². The number of amides is 2. The van der Waals surface area contributed by atoms with Gasteiger partial charge in [-0.25, -0.2) is 4.98 Å². The summed E-state index contributed by atoms with van der Waals surface area (Å²) < 4.78 is 0. The molecule has 5 nitrogen and oxygen atoms in total. The first-order chi connectivity index (χ1) is 15.1. The normalized spacial score (nSPS) is 16.4. The zero-order valence-electron chi connectivity index (χ0n) is 18.0. The number of benzene rings is 2. The standard InChI is InChI=1S/C25H29N3O2S/c1-18-17-31-23(27-18)13-4-5-14-26-24(29)20-10-7-15-28(16-20)25(30)22-12-6-9-19-8-2-3-11-21(19)22/h2-3,6,8-9,11-12,17,20H,4-5,7,10,13-16H2,1H3,(H,26,29). The number of hydrogen-bond acceptors (Lipinski definition) is 4. The van der Waals surface area contributed by atoms with Crippen molar-refractivity contribution in [2.24, 2.45) is 5.92 Å². The zero-order valence-corrected chi connectivity index (χ0v) is 18.8. The van der Waals surface area contributed by atoms with Gasteiger partial charge in [-0.1, -0.05) is 36.4 Å². The molecule has 162 valence electrons. The number of likely N-dealkylation sites (tertiary alicyclic amines) is 1. The molecule has 3 aromatic rings. The SMILES string of the molecule is Cc1csc(CCCCNC(=O)C2CCCN(C(=O)c3cccc4ccccc34)C2)n1. The number of unbranched alkanes of at least 4 members (excludes halogenated alkanes) is 1. The van der Waals surface area contributed by atoms with Gasteiger partial charge in [-0.15, -0.1) is 11.3 Å². The van der Waals surface area contributed by atoms with Gasteiger partial charge in [0.15, 0.2) is 0 Å². The lowest BCUT2D eigenvalue weighted by atomic mass is 9.95. The summed E-state index contributed by atoms with van der Waals surface area (Å²) in [6.45, 7) is 3.89. The number of carbonyl (C=O) groups excluding carboxylic acids is 2. The van der Waals surface area contributed by atoms with Crippen LogP contribution in [0.5, 0.6) is 0 Å². The third-order valence-electron chi connectivity index (χ3n) is 5.88. The molecule has 2 aromatic carbocycles. The Labute approximate surface area is 187 Å². The minimum Gasteiger partial charge on any atom is -0.356 e. The molecule has 1 aromatic heterocycles. The fourth-order valence-corrected chi connectivity index (χ4v) is 5.05. The molecule has 6 heteroatoms. The van der Waals surface area contributed by atoms with E-state index in [2.05, 4.69) is 15.7 Å². The van der Waals surface area contributed by atoms with Gasteiger partial charge < -0.3 is 10.2 Å². The van der Waals surface area contributed by atoms with Gasteiger partial charge >= 0.3 is 0 Å². The van der Waals surface area contributed by atoms with Crippen LogP contribution in [0.4, 0.5) is 0 Å². The average Bonchev–Trinajstić information content (AvgIpc) is 3.23. The van der Waals surface area contributed by atoms with Crippen molar-refractivity contribution in [2.45, 2.75) is 39.0 Å². The predicted molar refractivity (Wildman–Crippen MR) is 125 cm³/mol. The van der Waals surface area contributed by atoms with E-state index in [9.17, 15) is 9.59 Å². The van der Waals surface area contributed by atoms with Crippen LogP contribution in [0.15, 0.2) is 47.8 Å². The molecule has 2 amide bonds. The van der Waals surface area contributed by atoms with Crippen LogP contribution in [0.1, 0.15) is 46.7 Å². The summed E-state index contributed by atoms with van der Waals surface area (Å²) in [5.74, 6) is -0.0390. The van der Waals surface area contributed by atoms with Gasteiger partial charge in [-0.2, -0.15) is 0 Å². The lowest BCUT2D eigenvalue weighted by Crippen LogP contribution is -2.45. The van der Waals surface area contributed by atoms with Crippen molar-refractivity contribution in [3.8, 4) is 0 Å². The van der Waals surface area contributed by atoms with Crippen molar-refractivity contribution >= 4 is 33.9 Å². The molecule has 1 aliphatic heterocycles. The van der Waals surface area contributed by atoms with Gasteiger partial charge in [-0.3, -0.25) is 9.59 Å². The lowest BCUT2D eigenvalue weighted by molar-refractivity contribution is -0.126. The van der Waals surface area contributed by atoms with Gasteiger partial charge in [0.1, 0.15) is 0 Å². The van der Waals surface area contributed by atoms with Crippen molar-refractivity contribution < 1.29 is 9.59 Å². The van der Waals surface area contributed by atoms with E-state index in [1.54, 1.807) is 11.3 Å². The number of aromatic nitrogens is 1. The highest BCUT2D eigenvalue weighted by Crippen LogP contribution is 2.23. The number of fused-ring (bicyclic) bond motifs is 1. The lowest BCUT2D eigenvalue weighted by Gasteiger charge is -2.32.